The quantitative estimate of drug-likeness (QED) is 0.764. The predicted octanol–water partition coefficient (Wildman–Crippen LogP) is 1.74. The van der Waals surface area contributed by atoms with Gasteiger partial charge in [-0.15, -0.1) is 0 Å². The summed E-state index contributed by atoms with van der Waals surface area (Å²) < 4.78 is 10.4. The molecule has 2 N–H and O–H groups in total. The van der Waals surface area contributed by atoms with E-state index in [9.17, 15) is 19.8 Å². The van der Waals surface area contributed by atoms with Crippen LogP contribution in [0.1, 0.15) is 22.8 Å². The SMILES string of the molecule is COc1cc(O)c2c(c1)C1(C=C(O)C(=O)C=C1C)OC2=O. The first kappa shape index (κ1) is 13.2. The van der Waals surface area contributed by atoms with E-state index >= 15 is 0 Å². The lowest BCUT2D eigenvalue weighted by Gasteiger charge is -2.29. The largest absolute Gasteiger partial charge is 0.507 e. The van der Waals surface area contributed by atoms with E-state index in [4.69, 9.17) is 9.47 Å². The molecule has 0 bridgehead atoms. The molecule has 3 rings (SSSR count). The second-order valence-electron chi connectivity index (χ2n) is 4.92. The van der Waals surface area contributed by atoms with Gasteiger partial charge in [-0.25, -0.2) is 4.79 Å². The number of hydrogen-bond donors (Lipinski definition) is 2. The van der Waals surface area contributed by atoms with Gasteiger partial charge in [0.05, 0.1) is 7.11 Å². The molecule has 0 radical (unpaired) electrons. The van der Waals surface area contributed by atoms with Gasteiger partial charge in [-0.2, -0.15) is 0 Å². The van der Waals surface area contributed by atoms with E-state index in [-0.39, 0.29) is 11.3 Å². The minimum absolute atomic E-state index is 0.00180. The number of phenols is 1. The highest BCUT2D eigenvalue weighted by Gasteiger charge is 2.49. The van der Waals surface area contributed by atoms with E-state index in [0.29, 0.717) is 16.9 Å². The number of carbonyl (C=O) groups is 2. The van der Waals surface area contributed by atoms with Crippen molar-refractivity contribution in [3.8, 4) is 11.5 Å². The zero-order chi connectivity index (χ0) is 15.4. The third-order valence-corrected chi connectivity index (χ3v) is 3.71. The number of hydrogen-bond acceptors (Lipinski definition) is 6. The Kier molecular flexibility index (Phi) is 2.59. The van der Waals surface area contributed by atoms with Gasteiger partial charge >= 0.3 is 5.97 Å². The second-order valence-corrected chi connectivity index (χ2v) is 4.92. The van der Waals surface area contributed by atoms with Gasteiger partial charge in [0, 0.05) is 17.7 Å². The average molecular weight is 288 g/mol. The van der Waals surface area contributed by atoms with Gasteiger partial charge in [0.1, 0.15) is 17.1 Å². The van der Waals surface area contributed by atoms with E-state index in [1.165, 1.54) is 31.4 Å². The van der Waals surface area contributed by atoms with E-state index < -0.39 is 23.1 Å². The van der Waals surface area contributed by atoms with Crippen molar-refractivity contribution in [3.63, 3.8) is 0 Å². The third-order valence-electron chi connectivity index (χ3n) is 3.71. The molecule has 6 heteroatoms. The number of carbonyl (C=O) groups excluding carboxylic acids is 2. The van der Waals surface area contributed by atoms with Gasteiger partial charge in [0.15, 0.2) is 11.4 Å². The van der Waals surface area contributed by atoms with Crippen LogP contribution in [0.3, 0.4) is 0 Å². The number of phenolic OH excluding ortho intramolecular Hbond substituents is 1. The molecule has 1 unspecified atom stereocenters. The van der Waals surface area contributed by atoms with Crippen molar-refractivity contribution in [2.24, 2.45) is 0 Å². The second kappa shape index (κ2) is 4.12. The van der Waals surface area contributed by atoms with E-state index in [1.807, 2.05) is 0 Å². The summed E-state index contributed by atoms with van der Waals surface area (Å²) in [6, 6.07) is 2.84. The number of aliphatic hydroxyl groups excluding tert-OH is 1. The summed E-state index contributed by atoms with van der Waals surface area (Å²) >= 11 is 0. The van der Waals surface area contributed by atoms with Crippen LogP contribution in [0, 0.1) is 0 Å². The van der Waals surface area contributed by atoms with E-state index in [2.05, 4.69) is 0 Å². The fourth-order valence-corrected chi connectivity index (χ4v) is 2.63. The molecule has 1 aromatic carbocycles. The molecule has 1 spiro atoms. The highest BCUT2D eigenvalue weighted by molar-refractivity contribution is 6.06. The minimum atomic E-state index is -1.39. The van der Waals surface area contributed by atoms with Gasteiger partial charge in [-0.1, -0.05) is 0 Å². The molecule has 0 saturated heterocycles. The van der Waals surface area contributed by atoms with Crippen molar-refractivity contribution in [2.45, 2.75) is 12.5 Å². The molecule has 108 valence electrons. The van der Waals surface area contributed by atoms with Gasteiger partial charge < -0.3 is 19.7 Å². The number of ether oxygens (including phenoxy) is 2. The Labute approximate surface area is 119 Å². The van der Waals surface area contributed by atoms with E-state index in [1.54, 1.807) is 6.92 Å². The molecule has 1 aliphatic heterocycles. The Bertz CT molecular complexity index is 743. The molecular formula is C15H12O6. The zero-order valence-electron chi connectivity index (χ0n) is 11.3. The first-order valence-electron chi connectivity index (χ1n) is 6.19. The molecule has 1 aromatic rings. The first-order valence-corrected chi connectivity index (χ1v) is 6.19. The molecule has 0 aromatic heterocycles. The van der Waals surface area contributed by atoms with Crippen LogP contribution in [0.4, 0.5) is 0 Å². The van der Waals surface area contributed by atoms with Gasteiger partial charge in [-0.3, -0.25) is 4.79 Å². The summed E-state index contributed by atoms with van der Waals surface area (Å²) in [5.74, 6) is -1.74. The zero-order valence-corrected chi connectivity index (χ0v) is 11.3. The standard InChI is InChI=1S/C15H12O6/c1-7-3-10(16)12(18)6-15(7)9-4-8(20-2)5-11(17)13(9)14(19)21-15/h3-6,17-18H,1-2H3. The van der Waals surface area contributed by atoms with Crippen molar-refractivity contribution in [1.82, 2.24) is 0 Å². The molecule has 6 nitrogen and oxygen atoms in total. The van der Waals surface area contributed by atoms with E-state index in [0.717, 1.165) is 0 Å². The number of methoxy groups -OCH3 is 1. The number of ketones is 1. The number of benzene rings is 1. The lowest BCUT2D eigenvalue weighted by atomic mass is 9.81. The molecule has 0 fully saturated rings. The molecular weight excluding hydrogens is 276 g/mol. The van der Waals surface area contributed by atoms with Crippen LogP contribution in [-0.4, -0.2) is 29.1 Å². The first-order chi connectivity index (χ1) is 9.89. The number of allylic oxidation sites excluding steroid dienone is 1. The topological polar surface area (TPSA) is 93.1 Å². The normalized spacial score (nSPS) is 23.5. The summed E-state index contributed by atoms with van der Waals surface area (Å²) in [5, 5.41) is 19.7. The highest BCUT2D eigenvalue weighted by atomic mass is 16.6. The number of esters is 1. The third kappa shape index (κ3) is 1.65. The van der Waals surface area contributed by atoms with Gasteiger partial charge in [-0.05, 0) is 24.6 Å². The minimum Gasteiger partial charge on any atom is -0.507 e. The number of rotatable bonds is 1. The molecule has 2 aliphatic rings. The van der Waals surface area contributed by atoms with Crippen LogP contribution in [-0.2, 0) is 15.1 Å². The Balaban J connectivity index is 2.32. The lowest BCUT2D eigenvalue weighted by Crippen LogP contribution is -2.30. The van der Waals surface area contributed by atoms with Crippen molar-refractivity contribution < 1.29 is 29.3 Å². The number of aliphatic hydroxyl groups is 1. The van der Waals surface area contributed by atoms with Crippen LogP contribution in [0.25, 0.3) is 0 Å². The van der Waals surface area contributed by atoms with Gasteiger partial charge in [0.25, 0.3) is 0 Å². The van der Waals surface area contributed by atoms with Crippen LogP contribution in [0.2, 0.25) is 0 Å². The van der Waals surface area contributed by atoms with Crippen LogP contribution in [0.5, 0.6) is 11.5 Å². The molecule has 1 heterocycles. The Hall–Kier alpha value is -2.76. The fraction of sp³-hybridized carbons (Fsp3) is 0.200. The maximum absolute atomic E-state index is 12.0. The lowest BCUT2D eigenvalue weighted by molar-refractivity contribution is -0.114. The average Bonchev–Trinajstić information content (AvgIpc) is 2.71. The molecule has 1 aliphatic carbocycles. The van der Waals surface area contributed by atoms with Crippen LogP contribution in [0.15, 0.2) is 35.6 Å². The molecule has 0 saturated carbocycles. The number of fused-ring (bicyclic) bond motifs is 2. The Morgan fingerprint density at radius 2 is 1.95 bits per heavy atom. The Morgan fingerprint density at radius 3 is 2.62 bits per heavy atom. The monoisotopic (exact) mass is 288 g/mol. The molecule has 0 amide bonds. The summed E-state index contributed by atoms with van der Waals surface area (Å²) in [4.78, 5) is 23.6. The maximum atomic E-state index is 12.0. The molecule has 21 heavy (non-hydrogen) atoms. The van der Waals surface area contributed by atoms with Crippen molar-refractivity contribution in [3.05, 3.63) is 46.7 Å². The van der Waals surface area contributed by atoms with Crippen LogP contribution < -0.4 is 4.74 Å². The fourth-order valence-electron chi connectivity index (χ4n) is 2.63. The summed E-state index contributed by atoms with van der Waals surface area (Å²) in [6.07, 6.45) is 2.38. The summed E-state index contributed by atoms with van der Waals surface area (Å²) in [5.41, 5.74) is -0.625. The van der Waals surface area contributed by atoms with Crippen LogP contribution >= 0.6 is 0 Å². The smallest absolute Gasteiger partial charge is 0.343 e. The summed E-state index contributed by atoms with van der Waals surface area (Å²) in [7, 11) is 1.42. The van der Waals surface area contributed by atoms with Crippen molar-refractivity contribution >= 4 is 11.8 Å². The predicted molar refractivity (Wildman–Crippen MR) is 71.2 cm³/mol. The summed E-state index contributed by atoms with van der Waals surface area (Å²) in [6.45, 7) is 1.61. The Morgan fingerprint density at radius 1 is 1.24 bits per heavy atom. The molecule has 1 atom stereocenters. The van der Waals surface area contributed by atoms with Crippen molar-refractivity contribution in [1.29, 1.82) is 0 Å². The maximum Gasteiger partial charge on any atom is 0.343 e. The van der Waals surface area contributed by atoms with Crippen molar-refractivity contribution in [2.75, 3.05) is 7.11 Å². The van der Waals surface area contributed by atoms with Gasteiger partial charge in [0.2, 0.25) is 5.78 Å². The number of aromatic hydroxyl groups is 1. The highest BCUT2D eigenvalue weighted by Crippen LogP contribution is 2.49.